The summed E-state index contributed by atoms with van der Waals surface area (Å²) in [5, 5.41) is 0. The van der Waals surface area contributed by atoms with Gasteiger partial charge < -0.3 is 20.1 Å². The van der Waals surface area contributed by atoms with Crippen LogP contribution in [0.2, 0.25) is 0 Å². The lowest BCUT2D eigenvalue weighted by Gasteiger charge is -2.36. The molecule has 0 spiro atoms. The normalized spacial score (nSPS) is 16.3. The first-order valence-electron chi connectivity index (χ1n) is 7.69. The van der Waals surface area contributed by atoms with Crippen molar-refractivity contribution in [1.29, 1.82) is 0 Å². The second kappa shape index (κ2) is 8.87. The van der Waals surface area contributed by atoms with Crippen LogP contribution in [0.3, 0.4) is 0 Å². The molecule has 2 rings (SSSR count). The van der Waals surface area contributed by atoms with E-state index in [4.69, 9.17) is 15.2 Å². The van der Waals surface area contributed by atoms with E-state index in [0.717, 1.165) is 64.7 Å². The van der Waals surface area contributed by atoms with Gasteiger partial charge in [0.2, 0.25) is 0 Å². The van der Waals surface area contributed by atoms with Gasteiger partial charge in [0.25, 0.3) is 0 Å². The molecule has 1 saturated heterocycles. The Hall–Kier alpha value is -1.30. The van der Waals surface area contributed by atoms with E-state index >= 15 is 0 Å². The number of anilines is 2. The number of hydrogen-bond donors (Lipinski definition) is 1. The van der Waals surface area contributed by atoms with Crippen LogP contribution in [0, 0.1) is 0 Å². The van der Waals surface area contributed by atoms with Crippen molar-refractivity contribution >= 4 is 11.4 Å². The van der Waals surface area contributed by atoms with Crippen LogP contribution >= 0.6 is 0 Å². The molecule has 0 amide bonds. The average Bonchev–Trinajstić information content (AvgIpc) is 2.52. The number of nitrogen functional groups attached to an aromatic ring is 1. The molecule has 2 N–H and O–H groups in total. The third-order valence-corrected chi connectivity index (χ3v) is 3.82. The van der Waals surface area contributed by atoms with Gasteiger partial charge in [-0.15, -0.1) is 0 Å². The van der Waals surface area contributed by atoms with Gasteiger partial charge in [0, 0.05) is 64.4 Å². The first kappa shape index (κ1) is 16.1. The molecule has 118 valence electrons. The first-order chi connectivity index (χ1) is 10.3. The molecule has 0 unspecified atom stereocenters. The van der Waals surface area contributed by atoms with Crippen LogP contribution in [0.5, 0.6) is 0 Å². The molecule has 1 aromatic carbocycles. The van der Waals surface area contributed by atoms with E-state index < -0.39 is 0 Å². The Labute approximate surface area is 127 Å². The second-order valence-corrected chi connectivity index (χ2v) is 5.38. The number of benzene rings is 1. The lowest BCUT2D eigenvalue weighted by molar-refractivity contribution is 0.0824. The van der Waals surface area contributed by atoms with E-state index in [1.54, 1.807) is 7.11 Å². The topological polar surface area (TPSA) is 51.0 Å². The number of nitrogens with two attached hydrogens (primary N) is 1. The Morgan fingerprint density at radius 3 is 2.38 bits per heavy atom. The maximum Gasteiger partial charge on any atom is 0.0593 e. The monoisotopic (exact) mass is 293 g/mol. The van der Waals surface area contributed by atoms with E-state index in [2.05, 4.69) is 21.9 Å². The van der Waals surface area contributed by atoms with Crippen LogP contribution < -0.4 is 10.6 Å². The minimum Gasteiger partial charge on any atom is -0.399 e. The smallest absolute Gasteiger partial charge is 0.0593 e. The van der Waals surface area contributed by atoms with Gasteiger partial charge in [-0.05, 0) is 30.7 Å². The molecule has 5 nitrogen and oxygen atoms in total. The van der Waals surface area contributed by atoms with Gasteiger partial charge in [-0.3, -0.25) is 4.90 Å². The molecule has 1 aliphatic heterocycles. The van der Waals surface area contributed by atoms with Crippen LogP contribution in [0.25, 0.3) is 0 Å². The fraction of sp³-hybridized carbons (Fsp3) is 0.625. The van der Waals surface area contributed by atoms with E-state index in [0.29, 0.717) is 0 Å². The zero-order chi connectivity index (χ0) is 14.9. The standard InChI is InChI=1S/C16H27N3O2/c1-20-12-2-13-21-14-11-18-7-9-19(10-8-18)16-5-3-15(17)4-6-16/h3-6H,2,7-14,17H2,1H3. The molecule has 0 bridgehead atoms. The minimum atomic E-state index is 0.778. The molecule has 0 aliphatic carbocycles. The molecule has 5 heteroatoms. The molecule has 21 heavy (non-hydrogen) atoms. The van der Waals surface area contributed by atoms with Crippen LogP contribution in [0.1, 0.15) is 6.42 Å². The highest BCUT2D eigenvalue weighted by atomic mass is 16.5. The fourth-order valence-electron chi connectivity index (χ4n) is 2.52. The molecule has 1 aromatic rings. The number of rotatable bonds is 8. The Morgan fingerprint density at radius 2 is 1.71 bits per heavy atom. The van der Waals surface area contributed by atoms with Gasteiger partial charge in [0.05, 0.1) is 6.61 Å². The largest absolute Gasteiger partial charge is 0.399 e. The van der Waals surface area contributed by atoms with Gasteiger partial charge in [-0.2, -0.15) is 0 Å². The zero-order valence-electron chi connectivity index (χ0n) is 13.0. The van der Waals surface area contributed by atoms with E-state index in [-0.39, 0.29) is 0 Å². The molecule has 0 radical (unpaired) electrons. The summed E-state index contributed by atoms with van der Waals surface area (Å²) in [5.74, 6) is 0. The van der Waals surface area contributed by atoms with Gasteiger partial charge in [-0.1, -0.05) is 0 Å². The highest BCUT2D eigenvalue weighted by Crippen LogP contribution is 2.17. The summed E-state index contributed by atoms with van der Waals surface area (Å²) in [6.45, 7) is 7.70. The van der Waals surface area contributed by atoms with Gasteiger partial charge in [-0.25, -0.2) is 0 Å². The highest BCUT2D eigenvalue weighted by molar-refractivity contribution is 5.53. The van der Waals surface area contributed by atoms with Crippen LogP contribution in [-0.4, -0.2) is 64.6 Å². The average molecular weight is 293 g/mol. The summed E-state index contributed by atoms with van der Waals surface area (Å²) >= 11 is 0. The number of methoxy groups -OCH3 is 1. The zero-order valence-corrected chi connectivity index (χ0v) is 13.0. The highest BCUT2D eigenvalue weighted by Gasteiger charge is 2.16. The maximum absolute atomic E-state index is 5.73. The minimum absolute atomic E-state index is 0.778. The molecule has 1 aliphatic rings. The van der Waals surface area contributed by atoms with E-state index in [1.165, 1.54) is 5.69 Å². The Balaban J connectivity index is 1.61. The molecule has 0 aromatic heterocycles. The van der Waals surface area contributed by atoms with Crippen molar-refractivity contribution in [3.63, 3.8) is 0 Å². The van der Waals surface area contributed by atoms with E-state index in [1.807, 2.05) is 12.1 Å². The van der Waals surface area contributed by atoms with Crippen molar-refractivity contribution in [3.8, 4) is 0 Å². The Bertz CT molecular complexity index is 389. The lowest BCUT2D eigenvalue weighted by atomic mass is 10.2. The number of ether oxygens (including phenoxy) is 2. The number of hydrogen-bond acceptors (Lipinski definition) is 5. The maximum atomic E-state index is 5.73. The molecule has 1 heterocycles. The van der Waals surface area contributed by atoms with Crippen molar-refractivity contribution in [3.05, 3.63) is 24.3 Å². The summed E-state index contributed by atoms with van der Waals surface area (Å²) in [7, 11) is 1.72. The van der Waals surface area contributed by atoms with Crippen molar-refractivity contribution in [2.45, 2.75) is 6.42 Å². The predicted molar refractivity (Wildman–Crippen MR) is 86.8 cm³/mol. The second-order valence-electron chi connectivity index (χ2n) is 5.38. The summed E-state index contributed by atoms with van der Waals surface area (Å²) in [5.41, 5.74) is 7.81. The quantitative estimate of drug-likeness (QED) is 0.581. The molecule has 0 atom stereocenters. The van der Waals surface area contributed by atoms with Crippen LogP contribution in [0.15, 0.2) is 24.3 Å². The summed E-state index contributed by atoms with van der Waals surface area (Å²) in [6.07, 6.45) is 0.974. The lowest BCUT2D eigenvalue weighted by Crippen LogP contribution is -2.47. The van der Waals surface area contributed by atoms with Crippen LogP contribution in [0.4, 0.5) is 11.4 Å². The third-order valence-electron chi connectivity index (χ3n) is 3.82. The molecular weight excluding hydrogens is 266 g/mol. The SMILES string of the molecule is COCCCOCCN1CCN(c2ccc(N)cc2)CC1. The molecule has 1 fully saturated rings. The summed E-state index contributed by atoms with van der Waals surface area (Å²) < 4.78 is 10.6. The van der Waals surface area contributed by atoms with Gasteiger partial charge >= 0.3 is 0 Å². The Kier molecular flexibility index (Phi) is 6.79. The Morgan fingerprint density at radius 1 is 1.00 bits per heavy atom. The predicted octanol–water partition coefficient (Wildman–Crippen LogP) is 1.44. The van der Waals surface area contributed by atoms with Gasteiger partial charge in [0.1, 0.15) is 0 Å². The first-order valence-corrected chi connectivity index (χ1v) is 7.69. The molecule has 0 saturated carbocycles. The van der Waals surface area contributed by atoms with Crippen LogP contribution in [-0.2, 0) is 9.47 Å². The van der Waals surface area contributed by atoms with E-state index in [9.17, 15) is 0 Å². The van der Waals surface area contributed by atoms with Crippen molar-refractivity contribution in [2.75, 3.05) is 70.3 Å². The summed E-state index contributed by atoms with van der Waals surface area (Å²) in [6, 6.07) is 8.14. The van der Waals surface area contributed by atoms with Gasteiger partial charge in [0.15, 0.2) is 0 Å². The molecular formula is C16H27N3O2. The van der Waals surface area contributed by atoms with Crippen molar-refractivity contribution in [1.82, 2.24) is 4.90 Å². The number of piperazine rings is 1. The number of nitrogens with zero attached hydrogens (tertiary/aromatic N) is 2. The van der Waals surface area contributed by atoms with Crippen molar-refractivity contribution < 1.29 is 9.47 Å². The fourth-order valence-corrected chi connectivity index (χ4v) is 2.52. The van der Waals surface area contributed by atoms with Crippen molar-refractivity contribution in [2.24, 2.45) is 0 Å². The summed E-state index contributed by atoms with van der Waals surface area (Å²) in [4.78, 5) is 4.87. The third kappa shape index (κ3) is 5.53.